The zero-order chi connectivity index (χ0) is 19.2. The highest BCUT2D eigenvalue weighted by Crippen LogP contribution is 2.27. The number of benzene rings is 2. The Morgan fingerprint density at radius 1 is 1.19 bits per heavy atom. The van der Waals surface area contributed by atoms with E-state index in [1.807, 2.05) is 43.3 Å². The zero-order valence-electron chi connectivity index (χ0n) is 16.0. The first kappa shape index (κ1) is 19.5. The molecule has 0 aliphatic heterocycles. The van der Waals surface area contributed by atoms with E-state index in [0.717, 1.165) is 16.9 Å². The van der Waals surface area contributed by atoms with Gasteiger partial charge in [-0.25, -0.2) is 5.43 Å². The summed E-state index contributed by atoms with van der Waals surface area (Å²) in [7, 11) is 1.60. The first-order chi connectivity index (χ1) is 12.3. The van der Waals surface area contributed by atoms with Crippen LogP contribution in [0.1, 0.15) is 37.5 Å². The van der Waals surface area contributed by atoms with Crippen molar-refractivity contribution in [2.24, 2.45) is 5.10 Å². The number of hydrogen-bond acceptors (Lipinski definition) is 4. The molecule has 0 spiro atoms. The fourth-order valence-electron chi connectivity index (χ4n) is 2.35. The van der Waals surface area contributed by atoms with Crippen molar-refractivity contribution in [2.75, 3.05) is 13.7 Å². The summed E-state index contributed by atoms with van der Waals surface area (Å²) in [6.07, 6.45) is 1.56. The molecule has 5 heteroatoms. The van der Waals surface area contributed by atoms with Crippen molar-refractivity contribution in [2.45, 2.75) is 33.1 Å². The Bertz CT molecular complexity index is 792. The highest BCUT2D eigenvalue weighted by atomic mass is 16.5. The number of carbonyl (C=O) groups is 1. The van der Waals surface area contributed by atoms with Gasteiger partial charge in [-0.3, -0.25) is 4.79 Å². The molecule has 0 radical (unpaired) electrons. The van der Waals surface area contributed by atoms with Crippen LogP contribution in [-0.4, -0.2) is 25.8 Å². The third-order valence-electron chi connectivity index (χ3n) is 3.90. The van der Waals surface area contributed by atoms with Crippen LogP contribution in [0.15, 0.2) is 47.6 Å². The molecule has 0 unspecified atom stereocenters. The van der Waals surface area contributed by atoms with Crippen LogP contribution >= 0.6 is 0 Å². The van der Waals surface area contributed by atoms with Gasteiger partial charge in [0, 0.05) is 0 Å². The van der Waals surface area contributed by atoms with Gasteiger partial charge in [0.15, 0.2) is 6.61 Å². The molecule has 0 saturated carbocycles. The Morgan fingerprint density at radius 2 is 1.96 bits per heavy atom. The van der Waals surface area contributed by atoms with E-state index >= 15 is 0 Å². The topological polar surface area (TPSA) is 59.9 Å². The molecular weight excluding hydrogens is 328 g/mol. The monoisotopic (exact) mass is 354 g/mol. The molecule has 0 heterocycles. The second-order valence-corrected chi connectivity index (χ2v) is 7.09. The Hall–Kier alpha value is -2.82. The first-order valence-electron chi connectivity index (χ1n) is 8.49. The third-order valence-corrected chi connectivity index (χ3v) is 3.90. The molecule has 0 saturated heterocycles. The highest BCUT2D eigenvalue weighted by Gasteiger charge is 2.15. The zero-order valence-corrected chi connectivity index (χ0v) is 16.0. The van der Waals surface area contributed by atoms with E-state index in [1.165, 1.54) is 5.56 Å². The molecule has 5 nitrogen and oxygen atoms in total. The number of nitrogens with zero attached hydrogens (tertiary/aromatic N) is 1. The van der Waals surface area contributed by atoms with E-state index in [-0.39, 0.29) is 17.9 Å². The van der Waals surface area contributed by atoms with Crippen molar-refractivity contribution < 1.29 is 14.3 Å². The molecule has 0 aliphatic rings. The summed E-state index contributed by atoms with van der Waals surface area (Å²) in [4.78, 5) is 11.9. The maximum atomic E-state index is 11.9. The smallest absolute Gasteiger partial charge is 0.277 e. The fraction of sp³-hybridized carbons (Fsp3) is 0.333. The van der Waals surface area contributed by atoms with Crippen LogP contribution in [0, 0.1) is 6.92 Å². The lowest BCUT2D eigenvalue weighted by atomic mass is 9.86. The quantitative estimate of drug-likeness (QED) is 0.633. The molecule has 0 aliphatic carbocycles. The molecule has 2 rings (SSSR count). The van der Waals surface area contributed by atoms with Gasteiger partial charge in [0.05, 0.1) is 13.3 Å². The third kappa shape index (κ3) is 5.62. The van der Waals surface area contributed by atoms with Crippen LogP contribution in [0.4, 0.5) is 0 Å². The van der Waals surface area contributed by atoms with Gasteiger partial charge in [0.1, 0.15) is 11.5 Å². The lowest BCUT2D eigenvalue weighted by molar-refractivity contribution is -0.123. The van der Waals surface area contributed by atoms with Crippen LogP contribution in [-0.2, 0) is 10.2 Å². The highest BCUT2D eigenvalue weighted by molar-refractivity contribution is 5.83. The van der Waals surface area contributed by atoms with E-state index in [2.05, 4.69) is 37.4 Å². The summed E-state index contributed by atoms with van der Waals surface area (Å²) in [5.74, 6) is 1.12. The molecule has 1 amide bonds. The minimum absolute atomic E-state index is 0.0789. The molecule has 0 bridgehead atoms. The van der Waals surface area contributed by atoms with Gasteiger partial charge in [-0.2, -0.15) is 5.10 Å². The minimum atomic E-state index is -0.316. The maximum absolute atomic E-state index is 11.9. The van der Waals surface area contributed by atoms with Crippen LogP contribution in [0.5, 0.6) is 11.5 Å². The maximum Gasteiger partial charge on any atom is 0.277 e. The Morgan fingerprint density at radius 3 is 2.62 bits per heavy atom. The largest absolute Gasteiger partial charge is 0.497 e. The molecule has 1 N–H and O–H groups in total. The van der Waals surface area contributed by atoms with Crippen molar-refractivity contribution in [1.29, 1.82) is 0 Å². The van der Waals surface area contributed by atoms with Gasteiger partial charge in [0.25, 0.3) is 5.91 Å². The van der Waals surface area contributed by atoms with Crippen molar-refractivity contribution in [3.63, 3.8) is 0 Å². The molecule has 0 atom stereocenters. The second-order valence-electron chi connectivity index (χ2n) is 7.09. The normalized spacial score (nSPS) is 11.4. The minimum Gasteiger partial charge on any atom is -0.497 e. The van der Waals surface area contributed by atoms with Crippen molar-refractivity contribution >= 4 is 12.1 Å². The van der Waals surface area contributed by atoms with E-state index in [1.54, 1.807) is 13.3 Å². The van der Waals surface area contributed by atoms with Gasteiger partial charge < -0.3 is 9.47 Å². The Labute approximate surface area is 155 Å². The number of carbonyl (C=O) groups excluding carboxylic acids is 1. The number of nitrogens with one attached hydrogen (secondary N) is 1. The summed E-state index contributed by atoms with van der Waals surface area (Å²) in [6, 6.07) is 13.4. The van der Waals surface area contributed by atoms with Crippen molar-refractivity contribution in [1.82, 2.24) is 5.43 Å². The standard InChI is InChI=1S/C21H26N2O3/c1-15-11-17(21(2,3)4)9-10-19(15)26-14-20(24)23-22-13-16-7-6-8-18(12-16)25-5/h6-13H,14H2,1-5H3,(H,23,24). The second kappa shape index (κ2) is 8.52. The number of rotatable bonds is 6. The molecule has 2 aromatic rings. The van der Waals surface area contributed by atoms with Crippen LogP contribution < -0.4 is 14.9 Å². The molecule has 138 valence electrons. The summed E-state index contributed by atoms with van der Waals surface area (Å²) < 4.78 is 10.7. The van der Waals surface area contributed by atoms with Gasteiger partial charge in [-0.1, -0.05) is 45.0 Å². The van der Waals surface area contributed by atoms with E-state index in [4.69, 9.17) is 9.47 Å². The van der Waals surface area contributed by atoms with E-state index in [0.29, 0.717) is 5.75 Å². The first-order valence-corrected chi connectivity index (χ1v) is 8.49. The average Bonchev–Trinajstić information content (AvgIpc) is 2.60. The lowest BCUT2D eigenvalue weighted by Gasteiger charge is -2.20. The number of hydrogen-bond donors (Lipinski definition) is 1. The van der Waals surface area contributed by atoms with Gasteiger partial charge in [-0.15, -0.1) is 0 Å². The molecule has 2 aromatic carbocycles. The number of methoxy groups -OCH3 is 1. The number of aryl methyl sites for hydroxylation is 1. The van der Waals surface area contributed by atoms with Crippen molar-refractivity contribution in [3.8, 4) is 11.5 Å². The van der Waals surface area contributed by atoms with Crippen LogP contribution in [0.3, 0.4) is 0 Å². The van der Waals surface area contributed by atoms with Gasteiger partial charge in [-0.05, 0) is 47.2 Å². The average molecular weight is 354 g/mol. The Balaban J connectivity index is 1.88. The van der Waals surface area contributed by atoms with Crippen LogP contribution in [0.25, 0.3) is 0 Å². The fourth-order valence-corrected chi connectivity index (χ4v) is 2.35. The number of amides is 1. The molecule has 0 fully saturated rings. The number of ether oxygens (including phenoxy) is 2. The van der Waals surface area contributed by atoms with E-state index in [9.17, 15) is 4.79 Å². The predicted octanol–water partition coefficient (Wildman–Crippen LogP) is 3.83. The lowest BCUT2D eigenvalue weighted by Crippen LogP contribution is -2.24. The summed E-state index contributed by atoms with van der Waals surface area (Å²) in [5.41, 5.74) is 5.61. The molecule has 26 heavy (non-hydrogen) atoms. The summed E-state index contributed by atoms with van der Waals surface area (Å²) in [5, 5.41) is 3.94. The van der Waals surface area contributed by atoms with Gasteiger partial charge >= 0.3 is 0 Å². The number of hydrazone groups is 1. The summed E-state index contributed by atoms with van der Waals surface area (Å²) >= 11 is 0. The van der Waals surface area contributed by atoms with Crippen molar-refractivity contribution in [3.05, 3.63) is 59.2 Å². The molecular formula is C21H26N2O3. The van der Waals surface area contributed by atoms with Crippen LogP contribution in [0.2, 0.25) is 0 Å². The SMILES string of the molecule is COc1cccc(C=NNC(=O)COc2ccc(C(C)(C)C)cc2C)c1. The summed E-state index contributed by atoms with van der Waals surface area (Å²) in [6.45, 7) is 8.37. The van der Waals surface area contributed by atoms with Gasteiger partial charge in [0.2, 0.25) is 0 Å². The van der Waals surface area contributed by atoms with E-state index < -0.39 is 0 Å². The predicted molar refractivity (Wildman–Crippen MR) is 104 cm³/mol. The Kier molecular flexibility index (Phi) is 6.39. The molecule has 0 aromatic heterocycles.